The number of pyridine rings is 1. The van der Waals surface area contributed by atoms with E-state index in [1.807, 2.05) is 0 Å². The van der Waals surface area contributed by atoms with Crippen LogP contribution in [0.25, 0.3) is 0 Å². The van der Waals surface area contributed by atoms with E-state index in [-0.39, 0.29) is 12.2 Å². The lowest BCUT2D eigenvalue weighted by Crippen LogP contribution is -2.35. The molecule has 84 valence electrons. The van der Waals surface area contributed by atoms with E-state index in [1.165, 1.54) is 32.4 Å². The molecular formula is C8H12FN3O2S. The van der Waals surface area contributed by atoms with Gasteiger partial charge in [0.25, 0.3) is 10.2 Å². The van der Waals surface area contributed by atoms with Crippen LogP contribution < -0.4 is 4.72 Å². The van der Waals surface area contributed by atoms with Gasteiger partial charge in [-0.15, -0.1) is 0 Å². The second-order valence-electron chi connectivity index (χ2n) is 3.04. The van der Waals surface area contributed by atoms with Crippen molar-refractivity contribution in [2.45, 2.75) is 6.54 Å². The van der Waals surface area contributed by atoms with Crippen LogP contribution in [0.15, 0.2) is 18.3 Å². The van der Waals surface area contributed by atoms with Crippen molar-refractivity contribution >= 4 is 10.2 Å². The Balaban J connectivity index is 2.70. The maximum absolute atomic E-state index is 13.1. The van der Waals surface area contributed by atoms with Gasteiger partial charge in [0.05, 0.1) is 12.2 Å². The van der Waals surface area contributed by atoms with Gasteiger partial charge >= 0.3 is 0 Å². The van der Waals surface area contributed by atoms with Crippen LogP contribution >= 0.6 is 0 Å². The van der Waals surface area contributed by atoms with Crippen LogP contribution in [0.2, 0.25) is 0 Å². The summed E-state index contributed by atoms with van der Waals surface area (Å²) in [5.74, 6) is -0.529. The van der Waals surface area contributed by atoms with E-state index in [0.717, 1.165) is 4.31 Å². The molecule has 1 heterocycles. The number of nitrogens with one attached hydrogen (secondary N) is 1. The summed E-state index contributed by atoms with van der Waals surface area (Å²) in [7, 11) is -0.764. The molecule has 5 nitrogen and oxygen atoms in total. The molecule has 0 radical (unpaired) electrons. The van der Waals surface area contributed by atoms with Crippen molar-refractivity contribution in [2.24, 2.45) is 0 Å². The lowest BCUT2D eigenvalue weighted by atomic mass is 10.3. The highest BCUT2D eigenvalue weighted by molar-refractivity contribution is 7.87. The zero-order valence-corrected chi connectivity index (χ0v) is 9.25. The van der Waals surface area contributed by atoms with Crippen molar-refractivity contribution in [3.05, 3.63) is 29.8 Å². The fourth-order valence-corrected chi connectivity index (χ4v) is 1.41. The summed E-state index contributed by atoms with van der Waals surface area (Å²) in [4.78, 5) is 3.72. The van der Waals surface area contributed by atoms with Gasteiger partial charge in [-0.3, -0.25) is 4.98 Å². The van der Waals surface area contributed by atoms with E-state index in [1.54, 1.807) is 0 Å². The molecule has 1 N–H and O–H groups in total. The molecule has 0 aliphatic carbocycles. The van der Waals surface area contributed by atoms with Gasteiger partial charge in [0, 0.05) is 20.3 Å². The minimum absolute atomic E-state index is 0.0722. The highest BCUT2D eigenvalue weighted by atomic mass is 32.2. The molecular weight excluding hydrogens is 221 g/mol. The molecule has 1 aromatic heterocycles. The predicted molar refractivity (Wildman–Crippen MR) is 53.6 cm³/mol. The van der Waals surface area contributed by atoms with E-state index in [0.29, 0.717) is 0 Å². The Bertz CT molecular complexity index is 433. The van der Waals surface area contributed by atoms with Crippen molar-refractivity contribution in [1.29, 1.82) is 0 Å². The normalized spacial score (nSPS) is 12.0. The Labute approximate surface area is 88.1 Å². The molecule has 0 aromatic carbocycles. The van der Waals surface area contributed by atoms with E-state index in [9.17, 15) is 12.8 Å². The fourth-order valence-electron chi connectivity index (χ4n) is 0.837. The third kappa shape index (κ3) is 3.22. The molecule has 0 atom stereocenters. The summed E-state index contributed by atoms with van der Waals surface area (Å²) < 4.78 is 38.8. The van der Waals surface area contributed by atoms with Gasteiger partial charge in [0.15, 0.2) is 0 Å². The van der Waals surface area contributed by atoms with Crippen LogP contribution in [0.4, 0.5) is 4.39 Å². The van der Waals surface area contributed by atoms with Gasteiger partial charge in [-0.1, -0.05) is 0 Å². The van der Waals surface area contributed by atoms with Crippen LogP contribution in [0.1, 0.15) is 5.69 Å². The van der Waals surface area contributed by atoms with Crippen molar-refractivity contribution < 1.29 is 12.8 Å². The largest absolute Gasteiger partial charge is 0.279 e. The summed E-state index contributed by atoms with van der Waals surface area (Å²) in [5.41, 5.74) is 0.0722. The van der Waals surface area contributed by atoms with E-state index < -0.39 is 16.0 Å². The standard InChI is InChI=1S/C8H12FN3O2S/c1-12(2)15(13,14)11-6-8-7(9)4-3-5-10-8/h3-5,11H,6H2,1-2H3. The average Bonchev–Trinajstić information content (AvgIpc) is 2.16. The third-order valence-electron chi connectivity index (χ3n) is 1.74. The number of aromatic nitrogens is 1. The van der Waals surface area contributed by atoms with Gasteiger partial charge in [-0.25, -0.2) is 4.39 Å². The van der Waals surface area contributed by atoms with Crippen LogP contribution in [0, 0.1) is 5.82 Å². The summed E-state index contributed by atoms with van der Waals surface area (Å²) in [5, 5.41) is 0. The van der Waals surface area contributed by atoms with Crippen LogP contribution in [-0.4, -0.2) is 31.8 Å². The Kier molecular flexibility index (Phi) is 3.72. The molecule has 0 saturated carbocycles. The smallest absolute Gasteiger partial charge is 0.257 e. The number of halogens is 1. The van der Waals surface area contributed by atoms with E-state index >= 15 is 0 Å². The van der Waals surface area contributed by atoms with Crippen molar-refractivity contribution in [2.75, 3.05) is 14.1 Å². The third-order valence-corrected chi connectivity index (χ3v) is 3.21. The fraction of sp³-hybridized carbons (Fsp3) is 0.375. The zero-order valence-electron chi connectivity index (χ0n) is 8.44. The maximum atomic E-state index is 13.1. The second-order valence-corrected chi connectivity index (χ2v) is 5.01. The summed E-state index contributed by atoms with van der Waals surface area (Å²) >= 11 is 0. The number of hydrogen-bond acceptors (Lipinski definition) is 3. The lowest BCUT2D eigenvalue weighted by Gasteiger charge is -2.11. The first kappa shape index (κ1) is 12.0. The minimum atomic E-state index is -3.54. The maximum Gasteiger partial charge on any atom is 0.279 e. The Morgan fingerprint density at radius 1 is 1.53 bits per heavy atom. The van der Waals surface area contributed by atoms with E-state index in [2.05, 4.69) is 9.71 Å². The predicted octanol–water partition coefficient (Wildman–Crippen LogP) is 0.117. The quantitative estimate of drug-likeness (QED) is 0.803. The van der Waals surface area contributed by atoms with Gasteiger partial charge in [0.2, 0.25) is 0 Å². The van der Waals surface area contributed by atoms with Crippen molar-refractivity contribution in [3.8, 4) is 0 Å². The Morgan fingerprint density at radius 3 is 2.73 bits per heavy atom. The highest BCUT2D eigenvalue weighted by Crippen LogP contribution is 2.02. The van der Waals surface area contributed by atoms with Gasteiger partial charge in [0.1, 0.15) is 5.82 Å². The molecule has 0 bridgehead atoms. The first-order valence-electron chi connectivity index (χ1n) is 4.20. The summed E-state index contributed by atoms with van der Waals surface area (Å²) in [6, 6.07) is 2.67. The van der Waals surface area contributed by atoms with Crippen molar-refractivity contribution in [3.63, 3.8) is 0 Å². The topological polar surface area (TPSA) is 62.3 Å². The molecule has 1 aromatic rings. The highest BCUT2D eigenvalue weighted by Gasteiger charge is 2.13. The van der Waals surface area contributed by atoms with Crippen molar-refractivity contribution in [1.82, 2.24) is 14.0 Å². The monoisotopic (exact) mass is 233 g/mol. The number of rotatable bonds is 4. The van der Waals surface area contributed by atoms with E-state index in [4.69, 9.17) is 0 Å². The van der Waals surface area contributed by atoms with Gasteiger partial charge < -0.3 is 0 Å². The molecule has 0 aliphatic rings. The SMILES string of the molecule is CN(C)S(=O)(=O)NCc1ncccc1F. The first-order chi connectivity index (χ1) is 6.93. The van der Waals surface area contributed by atoms with Gasteiger partial charge in [-0.05, 0) is 12.1 Å². The molecule has 0 fully saturated rings. The number of hydrogen-bond donors (Lipinski definition) is 1. The molecule has 0 unspecified atom stereocenters. The number of nitrogens with zero attached hydrogens (tertiary/aromatic N) is 2. The molecule has 0 amide bonds. The summed E-state index contributed by atoms with van der Waals surface area (Å²) in [6.45, 7) is -0.160. The molecule has 1 rings (SSSR count). The van der Waals surface area contributed by atoms with Crippen LogP contribution in [0.3, 0.4) is 0 Å². The minimum Gasteiger partial charge on any atom is -0.257 e. The Morgan fingerprint density at radius 2 is 2.20 bits per heavy atom. The van der Waals surface area contributed by atoms with Crippen LogP contribution in [0.5, 0.6) is 0 Å². The second kappa shape index (κ2) is 4.65. The zero-order chi connectivity index (χ0) is 11.5. The molecule has 15 heavy (non-hydrogen) atoms. The molecule has 0 spiro atoms. The molecule has 0 aliphatic heterocycles. The summed E-state index contributed by atoms with van der Waals surface area (Å²) in [6.07, 6.45) is 1.41. The molecule has 0 saturated heterocycles. The van der Waals surface area contributed by atoms with Crippen LogP contribution in [-0.2, 0) is 16.8 Å². The average molecular weight is 233 g/mol. The lowest BCUT2D eigenvalue weighted by molar-refractivity contribution is 0.502. The molecule has 7 heteroatoms. The Hall–Kier alpha value is -1.05. The van der Waals surface area contributed by atoms with Gasteiger partial charge in [-0.2, -0.15) is 17.4 Å². The first-order valence-corrected chi connectivity index (χ1v) is 5.64.